The van der Waals surface area contributed by atoms with Crippen LogP contribution in [0.1, 0.15) is 19.7 Å². The fourth-order valence-electron chi connectivity index (χ4n) is 3.42. The van der Waals surface area contributed by atoms with Crippen LogP contribution in [0.2, 0.25) is 0 Å². The van der Waals surface area contributed by atoms with Crippen LogP contribution >= 0.6 is 0 Å². The summed E-state index contributed by atoms with van der Waals surface area (Å²) in [5.41, 5.74) is 2.77. The van der Waals surface area contributed by atoms with Crippen LogP contribution in [-0.2, 0) is 17.9 Å². The van der Waals surface area contributed by atoms with Crippen LogP contribution in [0.3, 0.4) is 0 Å². The van der Waals surface area contributed by atoms with Crippen molar-refractivity contribution in [3.63, 3.8) is 0 Å². The van der Waals surface area contributed by atoms with Gasteiger partial charge in [0.15, 0.2) is 6.61 Å². The summed E-state index contributed by atoms with van der Waals surface area (Å²) in [5.74, 6) is 1.58. The van der Waals surface area contributed by atoms with E-state index >= 15 is 0 Å². The molecular weight excluding hydrogens is 340 g/mol. The van der Waals surface area contributed by atoms with Gasteiger partial charge in [-0.05, 0) is 44.2 Å². The van der Waals surface area contributed by atoms with Crippen molar-refractivity contribution in [3.05, 3.63) is 54.4 Å². The van der Waals surface area contributed by atoms with Gasteiger partial charge in [-0.15, -0.1) is 0 Å². The van der Waals surface area contributed by atoms with E-state index in [2.05, 4.69) is 28.6 Å². The Bertz CT molecular complexity index is 949. The topological polar surface area (TPSA) is 59.4 Å². The molecule has 1 amide bonds. The number of aromatic nitrogens is 2. The molecule has 0 saturated heterocycles. The zero-order chi connectivity index (χ0) is 18.8. The molecule has 3 aromatic rings. The molecule has 1 aliphatic heterocycles. The molecule has 0 fully saturated rings. The van der Waals surface area contributed by atoms with Gasteiger partial charge < -0.3 is 14.6 Å². The fraction of sp³-hybridized carbons (Fsp3) is 0.333. The van der Waals surface area contributed by atoms with Gasteiger partial charge in [0.2, 0.25) is 0 Å². The molecule has 140 valence electrons. The molecule has 6 nitrogen and oxygen atoms in total. The Hall–Kier alpha value is -2.86. The van der Waals surface area contributed by atoms with Crippen LogP contribution in [0.5, 0.6) is 5.75 Å². The molecule has 4 rings (SSSR count). The molecular formula is C21H24N4O2. The number of amides is 1. The van der Waals surface area contributed by atoms with Crippen LogP contribution in [0, 0.1) is 0 Å². The maximum Gasteiger partial charge on any atom is 0.262 e. The first-order chi connectivity index (χ1) is 13.1. The molecule has 1 aromatic heterocycles. The van der Waals surface area contributed by atoms with E-state index < -0.39 is 0 Å². The number of nitrogens with one attached hydrogen (secondary N) is 1. The quantitative estimate of drug-likeness (QED) is 0.755. The van der Waals surface area contributed by atoms with Crippen LogP contribution in [0.25, 0.3) is 11.0 Å². The maximum atomic E-state index is 12.2. The predicted octanol–water partition coefficient (Wildman–Crippen LogP) is 3.28. The van der Waals surface area contributed by atoms with Crippen LogP contribution < -0.4 is 10.1 Å². The van der Waals surface area contributed by atoms with E-state index in [1.54, 1.807) is 0 Å². The molecule has 0 atom stereocenters. The summed E-state index contributed by atoms with van der Waals surface area (Å²) in [6.07, 6.45) is 0. The Morgan fingerprint density at radius 1 is 1.19 bits per heavy atom. The minimum absolute atomic E-state index is 0.0227. The minimum Gasteiger partial charge on any atom is -0.484 e. The van der Waals surface area contributed by atoms with E-state index in [4.69, 9.17) is 9.72 Å². The highest BCUT2D eigenvalue weighted by atomic mass is 16.5. The molecule has 27 heavy (non-hydrogen) atoms. The van der Waals surface area contributed by atoms with Gasteiger partial charge in [-0.2, -0.15) is 0 Å². The van der Waals surface area contributed by atoms with Crippen molar-refractivity contribution < 1.29 is 9.53 Å². The SMILES string of the molecule is CC(C)N1CCn2c(nc3cc(NC(=O)COc4ccccc4)ccc32)C1. The fourth-order valence-corrected chi connectivity index (χ4v) is 3.42. The average molecular weight is 364 g/mol. The van der Waals surface area contributed by atoms with E-state index in [1.165, 1.54) is 0 Å². The monoisotopic (exact) mass is 364 g/mol. The highest BCUT2D eigenvalue weighted by molar-refractivity contribution is 5.94. The van der Waals surface area contributed by atoms with Crippen LogP contribution in [0.15, 0.2) is 48.5 Å². The van der Waals surface area contributed by atoms with Gasteiger partial charge in [-0.25, -0.2) is 4.98 Å². The number of ether oxygens (including phenoxy) is 1. The van der Waals surface area contributed by atoms with Crippen molar-refractivity contribution in [2.24, 2.45) is 0 Å². The summed E-state index contributed by atoms with van der Waals surface area (Å²) in [7, 11) is 0. The summed E-state index contributed by atoms with van der Waals surface area (Å²) >= 11 is 0. The molecule has 1 aliphatic rings. The summed E-state index contributed by atoms with van der Waals surface area (Å²) < 4.78 is 7.77. The number of rotatable bonds is 5. The standard InChI is InChI=1S/C21H24N4O2/c1-15(2)24-10-11-25-19-9-8-16(12-18(19)23-20(25)13-24)22-21(26)14-27-17-6-4-3-5-7-17/h3-9,12,15H,10-11,13-14H2,1-2H3,(H,22,26). The number of carbonyl (C=O) groups is 1. The van der Waals surface area contributed by atoms with Crippen molar-refractivity contribution in [2.75, 3.05) is 18.5 Å². The van der Waals surface area contributed by atoms with E-state index in [1.807, 2.05) is 48.5 Å². The van der Waals surface area contributed by atoms with Crippen molar-refractivity contribution in [3.8, 4) is 5.75 Å². The second-order valence-electron chi connectivity index (χ2n) is 7.10. The average Bonchev–Trinajstić information content (AvgIpc) is 3.04. The van der Waals surface area contributed by atoms with Gasteiger partial charge in [-0.1, -0.05) is 18.2 Å². The largest absolute Gasteiger partial charge is 0.484 e. The van der Waals surface area contributed by atoms with E-state index in [-0.39, 0.29) is 12.5 Å². The summed E-state index contributed by atoms with van der Waals surface area (Å²) in [6, 6.07) is 15.7. The number of imidazole rings is 1. The summed E-state index contributed by atoms with van der Waals surface area (Å²) in [6.45, 7) is 7.24. The maximum absolute atomic E-state index is 12.2. The molecule has 0 unspecified atom stereocenters. The van der Waals surface area contributed by atoms with Crippen molar-refractivity contribution in [1.82, 2.24) is 14.5 Å². The lowest BCUT2D eigenvalue weighted by molar-refractivity contribution is -0.118. The zero-order valence-electron chi connectivity index (χ0n) is 15.7. The number of benzene rings is 2. The highest BCUT2D eigenvalue weighted by Crippen LogP contribution is 2.24. The molecule has 0 bridgehead atoms. The Labute approximate surface area is 158 Å². The number of carbonyl (C=O) groups excluding carboxylic acids is 1. The van der Waals surface area contributed by atoms with E-state index in [0.717, 1.165) is 42.2 Å². The van der Waals surface area contributed by atoms with Gasteiger partial charge >= 0.3 is 0 Å². The Balaban J connectivity index is 1.45. The molecule has 0 aliphatic carbocycles. The lowest BCUT2D eigenvalue weighted by Gasteiger charge is -2.30. The number of hydrogen-bond donors (Lipinski definition) is 1. The zero-order valence-corrected chi connectivity index (χ0v) is 15.7. The predicted molar refractivity (Wildman–Crippen MR) is 106 cm³/mol. The van der Waals surface area contributed by atoms with Gasteiger partial charge in [0.05, 0.1) is 17.6 Å². The molecule has 2 heterocycles. The Morgan fingerprint density at radius 2 is 2.00 bits per heavy atom. The third kappa shape index (κ3) is 3.80. The second-order valence-corrected chi connectivity index (χ2v) is 7.10. The lowest BCUT2D eigenvalue weighted by Crippen LogP contribution is -2.38. The van der Waals surface area contributed by atoms with Crippen molar-refractivity contribution >= 4 is 22.6 Å². The molecule has 0 saturated carbocycles. The van der Waals surface area contributed by atoms with Crippen molar-refractivity contribution in [2.45, 2.75) is 33.0 Å². The Kier molecular flexibility index (Phi) is 4.81. The highest BCUT2D eigenvalue weighted by Gasteiger charge is 2.21. The third-order valence-corrected chi connectivity index (χ3v) is 4.91. The first kappa shape index (κ1) is 17.5. The molecule has 1 N–H and O–H groups in total. The first-order valence-electron chi connectivity index (χ1n) is 9.31. The summed E-state index contributed by atoms with van der Waals surface area (Å²) in [5, 5.41) is 2.89. The van der Waals surface area contributed by atoms with Gasteiger partial charge in [0, 0.05) is 24.8 Å². The normalized spacial score (nSPS) is 14.3. The molecule has 0 radical (unpaired) electrons. The number of para-hydroxylation sites is 1. The molecule has 6 heteroatoms. The number of nitrogens with zero attached hydrogens (tertiary/aromatic N) is 3. The van der Waals surface area contributed by atoms with E-state index in [0.29, 0.717) is 11.8 Å². The smallest absolute Gasteiger partial charge is 0.262 e. The molecule has 0 spiro atoms. The number of fused-ring (bicyclic) bond motifs is 3. The molecule has 2 aromatic carbocycles. The van der Waals surface area contributed by atoms with Gasteiger partial charge in [-0.3, -0.25) is 9.69 Å². The van der Waals surface area contributed by atoms with Crippen LogP contribution in [-0.4, -0.2) is 39.6 Å². The summed E-state index contributed by atoms with van der Waals surface area (Å²) in [4.78, 5) is 19.4. The number of hydrogen-bond acceptors (Lipinski definition) is 4. The van der Waals surface area contributed by atoms with E-state index in [9.17, 15) is 4.79 Å². The van der Waals surface area contributed by atoms with Crippen molar-refractivity contribution in [1.29, 1.82) is 0 Å². The lowest BCUT2D eigenvalue weighted by atomic mass is 10.2. The minimum atomic E-state index is -0.187. The Morgan fingerprint density at radius 3 is 2.78 bits per heavy atom. The third-order valence-electron chi connectivity index (χ3n) is 4.91. The van der Waals surface area contributed by atoms with Gasteiger partial charge in [0.25, 0.3) is 5.91 Å². The number of anilines is 1. The van der Waals surface area contributed by atoms with Gasteiger partial charge in [0.1, 0.15) is 11.6 Å². The first-order valence-corrected chi connectivity index (χ1v) is 9.31. The van der Waals surface area contributed by atoms with Crippen LogP contribution in [0.4, 0.5) is 5.69 Å². The second kappa shape index (κ2) is 7.40.